The molecule has 8 nitrogen and oxygen atoms in total. The van der Waals surface area contributed by atoms with E-state index in [1.54, 1.807) is 0 Å². The van der Waals surface area contributed by atoms with Crippen molar-refractivity contribution in [1.29, 1.82) is 5.26 Å². The van der Waals surface area contributed by atoms with Crippen LogP contribution in [0.25, 0.3) is 0 Å². The first-order valence-corrected chi connectivity index (χ1v) is 6.33. The minimum Gasteiger partial charge on any atom is -0.360 e. The molecule has 0 bridgehead atoms. The van der Waals surface area contributed by atoms with Gasteiger partial charge >= 0.3 is 0 Å². The fourth-order valence-electron chi connectivity index (χ4n) is 1.49. The number of rotatable bonds is 3. The molecule has 94 valence electrons. The van der Waals surface area contributed by atoms with Crippen molar-refractivity contribution in [3.05, 3.63) is 23.2 Å². The van der Waals surface area contributed by atoms with E-state index in [-0.39, 0.29) is 27.7 Å². The first-order valence-electron chi connectivity index (χ1n) is 4.85. The standard InChI is InChI=1S/C9H9N5O3S/c1-5-8(6(2)17-13-5)18(15,16)14-9-7(3-10)4-11-12-9/h4H,1-2H3,(H2,11,12,14). The van der Waals surface area contributed by atoms with Crippen LogP contribution >= 0.6 is 0 Å². The molecule has 0 saturated carbocycles. The van der Waals surface area contributed by atoms with Crippen LogP contribution in [0.5, 0.6) is 0 Å². The largest absolute Gasteiger partial charge is 0.360 e. The maximum atomic E-state index is 12.1. The zero-order valence-corrected chi connectivity index (χ0v) is 10.4. The molecule has 9 heteroatoms. The third-order valence-electron chi connectivity index (χ3n) is 2.23. The fraction of sp³-hybridized carbons (Fsp3) is 0.222. The Balaban J connectivity index is 2.43. The molecule has 2 rings (SSSR count). The van der Waals surface area contributed by atoms with Crippen LogP contribution in [0.2, 0.25) is 0 Å². The minimum atomic E-state index is -3.86. The summed E-state index contributed by atoms with van der Waals surface area (Å²) in [6, 6.07) is 1.81. The van der Waals surface area contributed by atoms with E-state index in [1.807, 2.05) is 6.07 Å². The number of hydrogen-bond donors (Lipinski definition) is 2. The van der Waals surface area contributed by atoms with Gasteiger partial charge in [-0.3, -0.25) is 9.82 Å². The van der Waals surface area contributed by atoms with Crippen molar-refractivity contribution in [1.82, 2.24) is 15.4 Å². The van der Waals surface area contributed by atoms with Crippen LogP contribution in [0.15, 0.2) is 15.6 Å². The van der Waals surface area contributed by atoms with Crippen molar-refractivity contribution >= 4 is 15.8 Å². The number of nitrogens with zero attached hydrogens (tertiary/aromatic N) is 3. The quantitative estimate of drug-likeness (QED) is 0.842. The highest BCUT2D eigenvalue weighted by Crippen LogP contribution is 2.22. The Labute approximate surface area is 103 Å². The van der Waals surface area contributed by atoms with E-state index in [4.69, 9.17) is 9.78 Å². The monoisotopic (exact) mass is 267 g/mol. The van der Waals surface area contributed by atoms with Crippen molar-refractivity contribution in [2.24, 2.45) is 0 Å². The summed E-state index contributed by atoms with van der Waals surface area (Å²) in [4.78, 5) is -0.0408. The van der Waals surface area contributed by atoms with Gasteiger partial charge in [-0.05, 0) is 13.8 Å². The summed E-state index contributed by atoms with van der Waals surface area (Å²) in [6.45, 7) is 3.01. The van der Waals surface area contributed by atoms with Gasteiger partial charge in [0.1, 0.15) is 17.3 Å². The number of aromatic nitrogens is 3. The van der Waals surface area contributed by atoms with Crippen LogP contribution in [0.4, 0.5) is 5.82 Å². The number of aryl methyl sites for hydroxylation is 2. The lowest BCUT2D eigenvalue weighted by Crippen LogP contribution is -2.15. The van der Waals surface area contributed by atoms with Crippen molar-refractivity contribution in [2.45, 2.75) is 18.7 Å². The predicted octanol–water partition coefficient (Wildman–Crippen LogP) is 0.687. The SMILES string of the molecule is Cc1noc(C)c1S(=O)(=O)Nc1[nH]ncc1C#N. The van der Waals surface area contributed by atoms with Crippen LogP contribution in [-0.2, 0) is 10.0 Å². The zero-order valence-electron chi connectivity index (χ0n) is 9.55. The number of aromatic amines is 1. The van der Waals surface area contributed by atoms with Gasteiger partial charge in [-0.15, -0.1) is 0 Å². The average Bonchev–Trinajstić information content (AvgIpc) is 2.85. The number of sulfonamides is 1. The third kappa shape index (κ3) is 1.93. The van der Waals surface area contributed by atoms with E-state index in [1.165, 1.54) is 20.0 Å². The van der Waals surface area contributed by atoms with Gasteiger partial charge in [0.2, 0.25) is 0 Å². The Hall–Kier alpha value is -2.34. The smallest absolute Gasteiger partial charge is 0.268 e. The maximum absolute atomic E-state index is 12.1. The highest BCUT2D eigenvalue weighted by molar-refractivity contribution is 7.92. The topological polar surface area (TPSA) is 125 Å². The number of anilines is 1. The highest BCUT2D eigenvalue weighted by atomic mass is 32.2. The molecule has 2 heterocycles. The molecule has 0 aromatic carbocycles. The van der Waals surface area contributed by atoms with E-state index >= 15 is 0 Å². The molecule has 0 fully saturated rings. The molecule has 18 heavy (non-hydrogen) atoms. The van der Waals surface area contributed by atoms with E-state index in [2.05, 4.69) is 20.1 Å². The highest BCUT2D eigenvalue weighted by Gasteiger charge is 2.25. The van der Waals surface area contributed by atoms with Gasteiger partial charge in [0.15, 0.2) is 16.5 Å². The van der Waals surface area contributed by atoms with Gasteiger partial charge in [0.05, 0.1) is 6.20 Å². The molecule has 0 aliphatic carbocycles. The number of H-pyrrole nitrogens is 1. The number of nitrogens with one attached hydrogen (secondary N) is 2. The van der Waals surface area contributed by atoms with E-state index in [0.717, 1.165) is 0 Å². The van der Waals surface area contributed by atoms with Gasteiger partial charge in [0.25, 0.3) is 10.0 Å². The zero-order chi connectivity index (χ0) is 13.3. The van der Waals surface area contributed by atoms with Gasteiger partial charge in [0, 0.05) is 0 Å². The second-order valence-electron chi connectivity index (χ2n) is 3.53. The molecular weight excluding hydrogens is 258 g/mol. The Morgan fingerprint density at radius 1 is 1.50 bits per heavy atom. The maximum Gasteiger partial charge on any atom is 0.268 e. The summed E-state index contributed by atoms with van der Waals surface area (Å²) >= 11 is 0. The van der Waals surface area contributed by atoms with Gasteiger partial charge < -0.3 is 4.52 Å². The molecule has 0 spiro atoms. The van der Waals surface area contributed by atoms with E-state index in [0.29, 0.717) is 0 Å². The lowest BCUT2D eigenvalue weighted by Gasteiger charge is -2.05. The first kappa shape index (κ1) is 12.1. The lowest BCUT2D eigenvalue weighted by atomic mass is 10.4. The van der Waals surface area contributed by atoms with Gasteiger partial charge in [-0.25, -0.2) is 8.42 Å². The summed E-state index contributed by atoms with van der Waals surface area (Å²) in [7, 11) is -3.86. The summed E-state index contributed by atoms with van der Waals surface area (Å²) in [5.74, 6) is 0.190. The molecule has 2 N–H and O–H groups in total. The number of hydrogen-bond acceptors (Lipinski definition) is 6. The second-order valence-corrected chi connectivity index (χ2v) is 5.15. The summed E-state index contributed by atoms with van der Waals surface area (Å²) in [5, 5.41) is 18.3. The van der Waals surface area contributed by atoms with E-state index in [9.17, 15) is 8.42 Å². The van der Waals surface area contributed by atoms with Crippen molar-refractivity contribution < 1.29 is 12.9 Å². The van der Waals surface area contributed by atoms with Crippen molar-refractivity contribution in [3.63, 3.8) is 0 Å². The Bertz CT molecular complexity index is 702. The Kier molecular flexibility index (Phi) is 2.80. The lowest BCUT2D eigenvalue weighted by molar-refractivity contribution is 0.390. The van der Waals surface area contributed by atoms with Gasteiger partial charge in [-0.2, -0.15) is 10.4 Å². The van der Waals surface area contributed by atoms with Crippen LogP contribution in [0.3, 0.4) is 0 Å². The molecule has 0 unspecified atom stereocenters. The molecule has 2 aromatic heterocycles. The van der Waals surface area contributed by atoms with Gasteiger partial charge in [-0.1, -0.05) is 5.16 Å². The normalized spacial score (nSPS) is 11.2. The second kappa shape index (κ2) is 4.15. The molecule has 0 atom stereocenters. The Morgan fingerprint density at radius 3 is 2.78 bits per heavy atom. The summed E-state index contributed by atoms with van der Waals surface area (Å²) < 4.78 is 31.2. The van der Waals surface area contributed by atoms with Crippen molar-refractivity contribution in [3.8, 4) is 6.07 Å². The van der Waals surface area contributed by atoms with Crippen LogP contribution in [-0.4, -0.2) is 23.8 Å². The molecule has 0 aliphatic rings. The van der Waals surface area contributed by atoms with Crippen LogP contribution < -0.4 is 4.72 Å². The first-order chi connectivity index (χ1) is 8.45. The average molecular weight is 267 g/mol. The van der Waals surface area contributed by atoms with Crippen LogP contribution in [0.1, 0.15) is 17.0 Å². The molecule has 0 saturated heterocycles. The van der Waals surface area contributed by atoms with Crippen LogP contribution in [0, 0.1) is 25.2 Å². The molecule has 0 amide bonds. The number of nitriles is 1. The predicted molar refractivity (Wildman–Crippen MR) is 60.1 cm³/mol. The van der Waals surface area contributed by atoms with E-state index < -0.39 is 10.0 Å². The molecule has 2 aromatic rings. The minimum absolute atomic E-state index is 0.0116. The summed E-state index contributed by atoms with van der Waals surface area (Å²) in [5.41, 5.74) is 0.350. The Morgan fingerprint density at radius 2 is 2.22 bits per heavy atom. The molecular formula is C9H9N5O3S. The fourth-order valence-corrected chi connectivity index (χ4v) is 2.86. The van der Waals surface area contributed by atoms with Crippen molar-refractivity contribution in [2.75, 3.05) is 4.72 Å². The third-order valence-corrected chi connectivity index (χ3v) is 3.83. The molecule has 0 radical (unpaired) electrons. The summed E-state index contributed by atoms with van der Waals surface area (Å²) in [6.07, 6.45) is 1.23. The molecule has 0 aliphatic heterocycles.